The summed E-state index contributed by atoms with van der Waals surface area (Å²) >= 11 is 1.77. The normalized spacial score (nSPS) is 26.9. The number of piperidine rings is 1. The maximum Gasteiger partial charge on any atom is 0.231 e. The zero-order valence-corrected chi connectivity index (χ0v) is 17.9. The highest BCUT2D eigenvalue weighted by Crippen LogP contribution is 2.58. The Morgan fingerprint density at radius 3 is 2.55 bits per heavy atom. The molecule has 5 rings (SSSR count). The summed E-state index contributed by atoms with van der Waals surface area (Å²) in [5, 5.41) is 4.40. The van der Waals surface area contributed by atoms with Gasteiger partial charge in [-0.25, -0.2) is 9.97 Å². The summed E-state index contributed by atoms with van der Waals surface area (Å²) in [7, 11) is 0. The van der Waals surface area contributed by atoms with Gasteiger partial charge in [0, 0.05) is 50.5 Å². The van der Waals surface area contributed by atoms with Crippen molar-refractivity contribution in [2.45, 2.75) is 32.7 Å². The Labute approximate surface area is 176 Å². The van der Waals surface area contributed by atoms with Crippen LogP contribution in [-0.2, 0) is 11.3 Å². The molecule has 0 bridgehead atoms. The fourth-order valence-electron chi connectivity index (χ4n) is 5.86. The molecule has 0 saturated carbocycles. The Hall–Kier alpha value is -1.99. The minimum atomic E-state index is -0.281. The Morgan fingerprint density at radius 2 is 1.90 bits per heavy atom. The minimum absolute atomic E-state index is 0.0261. The molecule has 1 unspecified atom stereocenters. The van der Waals surface area contributed by atoms with Gasteiger partial charge in [-0.2, -0.15) is 11.3 Å². The van der Waals surface area contributed by atoms with Crippen LogP contribution in [0.5, 0.6) is 0 Å². The number of likely N-dealkylation sites (tertiary alicyclic amines) is 2. The highest BCUT2D eigenvalue weighted by Gasteiger charge is 2.65. The molecule has 3 aliphatic heterocycles. The molecule has 0 radical (unpaired) electrons. The van der Waals surface area contributed by atoms with Crippen molar-refractivity contribution in [3.8, 4) is 0 Å². The van der Waals surface area contributed by atoms with E-state index in [4.69, 9.17) is 0 Å². The highest BCUT2D eigenvalue weighted by molar-refractivity contribution is 7.07. The van der Waals surface area contributed by atoms with E-state index >= 15 is 0 Å². The van der Waals surface area contributed by atoms with Gasteiger partial charge in [-0.1, -0.05) is 0 Å². The maximum absolute atomic E-state index is 13.6. The standard InChI is InChI=1S/C22H29N5OS/c1-2-26-12-7-22(19(26)28)17-27(20-23-8-3-9-24-20)16-21(22)5-10-25(11-6-21)14-18-4-13-29-15-18/h3-4,8-9,13,15H,2,5-7,10-12,14,16-17H2,1H3. The molecule has 6 nitrogen and oxygen atoms in total. The number of rotatable bonds is 4. The van der Waals surface area contributed by atoms with Crippen molar-refractivity contribution in [2.24, 2.45) is 10.8 Å². The van der Waals surface area contributed by atoms with E-state index in [9.17, 15) is 4.79 Å². The third-order valence-corrected chi connectivity index (χ3v) is 8.22. The molecule has 29 heavy (non-hydrogen) atoms. The van der Waals surface area contributed by atoms with Crippen LogP contribution in [0.2, 0.25) is 0 Å². The van der Waals surface area contributed by atoms with Crippen molar-refractivity contribution >= 4 is 23.2 Å². The van der Waals surface area contributed by atoms with Gasteiger partial charge in [0.1, 0.15) is 0 Å². The molecule has 5 heterocycles. The summed E-state index contributed by atoms with van der Waals surface area (Å²) in [5.41, 5.74) is 1.15. The first-order valence-corrected chi connectivity index (χ1v) is 11.6. The zero-order valence-electron chi connectivity index (χ0n) is 17.1. The van der Waals surface area contributed by atoms with Gasteiger partial charge < -0.3 is 9.80 Å². The second kappa shape index (κ2) is 7.36. The van der Waals surface area contributed by atoms with Crippen LogP contribution in [0.4, 0.5) is 5.95 Å². The number of carbonyl (C=O) groups is 1. The van der Waals surface area contributed by atoms with E-state index in [1.54, 1.807) is 23.7 Å². The largest absolute Gasteiger partial charge is 0.342 e. The summed E-state index contributed by atoms with van der Waals surface area (Å²) in [6.07, 6.45) is 6.72. The zero-order chi connectivity index (χ0) is 19.9. The number of hydrogen-bond acceptors (Lipinski definition) is 6. The predicted octanol–water partition coefficient (Wildman–Crippen LogP) is 2.88. The molecule has 3 fully saturated rings. The van der Waals surface area contributed by atoms with Crippen molar-refractivity contribution in [3.05, 3.63) is 40.8 Å². The number of anilines is 1. The van der Waals surface area contributed by atoms with Crippen molar-refractivity contribution < 1.29 is 4.79 Å². The van der Waals surface area contributed by atoms with Gasteiger partial charge in [-0.15, -0.1) is 0 Å². The fraction of sp³-hybridized carbons (Fsp3) is 0.591. The van der Waals surface area contributed by atoms with Crippen LogP contribution in [0, 0.1) is 10.8 Å². The monoisotopic (exact) mass is 411 g/mol. The average molecular weight is 412 g/mol. The second-order valence-electron chi connectivity index (χ2n) is 8.81. The third kappa shape index (κ3) is 3.06. The summed E-state index contributed by atoms with van der Waals surface area (Å²) < 4.78 is 0. The molecule has 3 aliphatic rings. The van der Waals surface area contributed by atoms with E-state index in [1.807, 2.05) is 6.07 Å². The van der Waals surface area contributed by atoms with E-state index in [0.717, 1.165) is 71.0 Å². The molecule has 154 valence electrons. The van der Waals surface area contributed by atoms with E-state index in [2.05, 4.69) is 48.4 Å². The SMILES string of the molecule is CCN1CCC2(CN(c3ncccn3)CC23CCN(Cc2ccsc2)CC3)C1=O. The van der Waals surface area contributed by atoms with Crippen LogP contribution < -0.4 is 4.90 Å². The number of amides is 1. The number of thiophene rings is 1. The summed E-state index contributed by atoms with van der Waals surface area (Å²) in [5.74, 6) is 1.14. The number of nitrogens with zero attached hydrogens (tertiary/aromatic N) is 5. The first-order chi connectivity index (χ1) is 14.2. The number of carbonyl (C=O) groups excluding carboxylic acids is 1. The molecule has 0 aliphatic carbocycles. The topological polar surface area (TPSA) is 52.6 Å². The van der Waals surface area contributed by atoms with Gasteiger partial charge in [0.2, 0.25) is 11.9 Å². The summed E-state index contributed by atoms with van der Waals surface area (Å²) in [6.45, 7) is 8.58. The Morgan fingerprint density at radius 1 is 1.10 bits per heavy atom. The first kappa shape index (κ1) is 19.0. The van der Waals surface area contributed by atoms with Gasteiger partial charge in [0.15, 0.2) is 0 Å². The lowest BCUT2D eigenvalue weighted by atomic mass is 9.60. The minimum Gasteiger partial charge on any atom is -0.342 e. The first-order valence-electron chi connectivity index (χ1n) is 10.7. The number of fused-ring (bicyclic) bond motifs is 1. The van der Waals surface area contributed by atoms with E-state index in [0.29, 0.717) is 5.91 Å². The smallest absolute Gasteiger partial charge is 0.231 e. The molecule has 0 N–H and O–H groups in total. The maximum atomic E-state index is 13.6. The average Bonchev–Trinajstić information content (AvgIpc) is 3.46. The lowest BCUT2D eigenvalue weighted by Crippen LogP contribution is -2.52. The van der Waals surface area contributed by atoms with Gasteiger partial charge in [-0.3, -0.25) is 9.69 Å². The lowest BCUT2D eigenvalue weighted by molar-refractivity contribution is -0.142. The van der Waals surface area contributed by atoms with Gasteiger partial charge in [-0.05, 0) is 67.7 Å². The van der Waals surface area contributed by atoms with Crippen LogP contribution in [0.3, 0.4) is 0 Å². The molecule has 3 saturated heterocycles. The molecule has 7 heteroatoms. The van der Waals surface area contributed by atoms with Gasteiger partial charge in [0.25, 0.3) is 0 Å². The Balaban J connectivity index is 1.41. The van der Waals surface area contributed by atoms with E-state index < -0.39 is 0 Å². The van der Waals surface area contributed by atoms with Crippen molar-refractivity contribution in [2.75, 3.05) is 44.2 Å². The molecular formula is C22H29N5OS. The molecule has 2 aromatic heterocycles. The van der Waals surface area contributed by atoms with Crippen LogP contribution >= 0.6 is 11.3 Å². The number of hydrogen-bond donors (Lipinski definition) is 0. The Bertz CT molecular complexity index is 849. The molecule has 2 aromatic rings. The fourth-order valence-corrected chi connectivity index (χ4v) is 6.52. The third-order valence-electron chi connectivity index (χ3n) is 7.49. The second-order valence-corrected chi connectivity index (χ2v) is 9.59. The molecule has 2 spiro atoms. The van der Waals surface area contributed by atoms with Crippen LogP contribution in [-0.4, -0.2) is 64.9 Å². The van der Waals surface area contributed by atoms with Crippen molar-refractivity contribution in [3.63, 3.8) is 0 Å². The highest BCUT2D eigenvalue weighted by atomic mass is 32.1. The predicted molar refractivity (Wildman–Crippen MR) is 115 cm³/mol. The number of aromatic nitrogens is 2. The van der Waals surface area contributed by atoms with Gasteiger partial charge in [0.05, 0.1) is 5.41 Å². The Kier molecular flexibility index (Phi) is 4.82. The summed E-state index contributed by atoms with van der Waals surface area (Å²) in [6, 6.07) is 4.08. The van der Waals surface area contributed by atoms with Crippen LogP contribution in [0.25, 0.3) is 0 Å². The lowest BCUT2D eigenvalue weighted by Gasteiger charge is -2.46. The molecule has 0 aromatic carbocycles. The molecule has 1 atom stereocenters. The van der Waals surface area contributed by atoms with Gasteiger partial charge >= 0.3 is 0 Å². The van der Waals surface area contributed by atoms with Crippen LogP contribution in [0.1, 0.15) is 31.7 Å². The quantitative estimate of drug-likeness (QED) is 0.774. The molecule has 1 amide bonds. The summed E-state index contributed by atoms with van der Waals surface area (Å²) in [4.78, 5) is 29.5. The van der Waals surface area contributed by atoms with Crippen LogP contribution in [0.15, 0.2) is 35.3 Å². The van der Waals surface area contributed by atoms with Crippen molar-refractivity contribution in [1.29, 1.82) is 0 Å². The molecular weight excluding hydrogens is 382 g/mol. The van der Waals surface area contributed by atoms with Crippen molar-refractivity contribution in [1.82, 2.24) is 19.8 Å². The van der Waals surface area contributed by atoms with E-state index in [-0.39, 0.29) is 10.8 Å². The van der Waals surface area contributed by atoms with E-state index in [1.165, 1.54) is 5.56 Å².